The van der Waals surface area contributed by atoms with Crippen LogP contribution in [0.2, 0.25) is 5.15 Å². The Morgan fingerprint density at radius 2 is 2.22 bits per heavy atom. The second-order valence-corrected chi connectivity index (χ2v) is 7.79. The fourth-order valence-electron chi connectivity index (χ4n) is 2.27. The number of aryl methyl sites for hydroxylation is 1. The minimum Gasteiger partial charge on any atom is -0.452 e. The van der Waals surface area contributed by atoms with Gasteiger partial charge in [0.2, 0.25) is 0 Å². The van der Waals surface area contributed by atoms with Crippen LogP contribution in [-0.4, -0.2) is 48.2 Å². The summed E-state index contributed by atoms with van der Waals surface area (Å²) in [4.78, 5) is 22.0. The number of amides is 1. The van der Waals surface area contributed by atoms with E-state index in [-0.39, 0.29) is 22.7 Å². The first-order valence-electron chi connectivity index (χ1n) is 6.78. The highest BCUT2D eigenvalue weighted by Gasteiger charge is 2.31. The molecule has 1 unspecified atom stereocenters. The van der Waals surface area contributed by atoms with Crippen molar-refractivity contribution in [2.45, 2.75) is 19.4 Å². The Labute approximate surface area is 138 Å². The van der Waals surface area contributed by atoms with Crippen molar-refractivity contribution < 1.29 is 22.7 Å². The van der Waals surface area contributed by atoms with E-state index in [4.69, 9.17) is 17.3 Å². The number of carbonyl (C=O) groups is 2. The summed E-state index contributed by atoms with van der Waals surface area (Å²) in [6.45, 7) is 1.19. The molecule has 0 radical (unpaired) electrons. The zero-order valence-electron chi connectivity index (χ0n) is 12.4. The number of hydrogen-bond acceptors (Lipinski definition) is 6. The van der Waals surface area contributed by atoms with Crippen LogP contribution in [-0.2, 0) is 24.2 Å². The second-order valence-electron chi connectivity index (χ2n) is 5.20. The molecule has 0 aliphatic carbocycles. The minimum atomic E-state index is -3.06. The van der Waals surface area contributed by atoms with Crippen molar-refractivity contribution in [2.24, 2.45) is 5.73 Å². The van der Waals surface area contributed by atoms with Crippen molar-refractivity contribution in [1.29, 1.82) is 0 Å². The Kier molecular flexibility index (Phi) is 5.10. The number of esters is 1. The lowest BCUT2D eigenvalue weighted by molar-refractivity contribution is -0.142. The number of rotatable bonds is 5. The quantitative estimate of drug-likeness (QED) is 0.592. The first-order valence-corrected chi connectivity index (χ1v) is 8.97. The highest BCUT2D eigenvalue weighted by molar-refractivity contribution is 7.91. The van der Waals surface area contributed by atoms with E-state index in [2.05, 4.69) is 9.84 Å². The van der Waals surface area contributed by atoms with Gasteiger partial charge in [0, 0.05) is 11.6 Å². The highest BCUT2D eigenvalue weighted by Crippen LogP contribution is 2.30. The zero-order chi connectivity index (χ0) is 17.2. The number of ether oxygens (including phenoxy) is 1. The van der Waals surface area contributed by atoms with Crippen molar-refractivity contribution in [2.75, 3.05) is 18.1 Å². The molecule has 126 valence electrons. The molecule has 0 aromatic carbocycles. The standard InChI is InChI=1S/C13H16ClN3O5S/c1-8-10(2-3-12(19)22-6-11(15)18)13(14)17(16-8)9-4-5-23(20,21)7-9/h2-3,9H,4-7H2,1H3,(H2,15,18)/b3-2+. The third-order valence-corrected chi connectivity index (χ3v) is 5.50. The molecule has 1 aromatic rings. The molecule has 2 rings (SSSR count). The summed E-state index contributed by atoms with van der Waals surface area (Å²) in [7, 11) is -3.06. The minimum absolute atomic E-state index is 0.00233. The maximum Gasteiger partial charge on any atom is 0.331 e. The number of halogens is 1. The molecule has 1 aliphatic heterocycles. The van der Waals surface area contributed by atoms with E-state index in [0.717, 1.165) is 6.08 Å². The van der Waals surface area contributed by atoms with E-state index in [1.165, 1.54) is 10.8 Å². The first-order chi connectivity index (χ1) is 10.7. The average molecular weight is 362 g/mol. The molecule has 0 spiro atoms. The SMILES string of the molecule is Cc1nn(C2CCS(=O)(=O)C2)c(Cl)c1/C=C/C(=O)OCC(N)=O. The fraction of sp³-hybridized carbons (Fsp3) is 0.462. The summed E-state index contributed by atoms with van der Waals surface area (Å²) in [5.74, 6) is -1.39. The van der Waals surface area contributed by atoms with Gasteiger partial charge in [-0.3, -0.25) is 4.79 Å². The molecular formula is C13H16ClN3O5S. The molecular weight excluding hydrogens is 346 g/mol. The van der Waals surface area contributed by atoms with Crippen LogP contribution >= 0.6 is 11.6 Å². The molecule has 1 fully saturated rings. The Hall–Kier alpha value is -1.87. The van der Waals surface area contributed by atoms with Crippen molar-refractivity contribution in [3.05, 3.63) is 22.5 Å². The van der Waals surface area contributed by atoms with Gasteiger partial charge in [0.05, 0.1) is 23.2 Å². The monoisotopic (exact) mass is 361 g/mol. The largest absolute Gasteiger partial charge is 0.452 e. The molecule has 10 heteroatoms. The third-order valence-electron chi connectivity index (χ3n) is 3.37. The van der Waals surface area contributed by atoms with Gasteiger partial charge in [0.15, 0.2) is 16.4 Å². The van der Waals surface area contributed by atoms with E-state index < -0.39 is 28.3 Å². The van der Waals surface area contributed by atoms with Gasteiger partial charge in [-0.2, -0.15) is 5.10 Å². The van der Waals surface area contributed by atoms with Crippen LogP contribution in [0.4, 0.5) is 0 Å². The van der Waals surface area contributed by atoms with E-state index >= 15 is 0 Å². The lowest BCUT2D eigenvalue weighted by Gasteiger charge is -2.09. The number of nitrogens with two attached hydrogens (primary N) is 1. The number of primary amides is 1. The van der Waals surface area contributed by atoms with Gasteiger partial charge in [-0.25, -0.2) is 17.9 Å². The molecule has 1 aliphatic rings. The van der Waals surface area contributed by atoms with Crippen LogP contribution < -0.4 is 5.73 Å². The molecule has 2 N–H and O–H groups in total. The highest BCUT2D eigenvalue weighted by atomic mass is 35.5. The van der Waals surface area contributed by atoms with E-state index in [0.29, 0.717) is 17.7 Å². The Morgan fingerprint density at radius 3 is 2.78 bits per heavy atom. The second kappa shape index (κ2) is 6.71. The average Bonchev–Trinajstić information content (AvgIpc) is 2.94. The van der Waals surface area contributed by atoms with Gasteiger partial charge >= 0.3 is 5.97 Å². The van der Waals surface area contributed by atoms with Gasteiger partial charge in [-0.05, 0) is 19.4 Å². The number of carbonyl (C=O) groups excluding carboxylic acids is 2. The maximum absolute atomic E-state index is 11.6. The molecule has 1 atom stereocenters. The molecule has 2 heterocycles. The number of nitrogens with zero attached hydrogens (tertiary/aromatic N) is 2. The lowest BCUT2D eigenvalue weighted by Crippen LogP contribution is -2.19. The zero-order valence-corrected chi connectivity index (χ0v) is 13.9. The van der Waals surface area contributed by atoms with Gasteiger partial charge in [0.25, 0.3) is 5.91 Å². The predicted molar refractivity (Wildman–Crippen MR) is 83.5 cm³/mol. The number of aromatic nitrogens is 2. The fourth-order valence-corrected chi connectivity index (χ4v) is 4.34. The molecule has 1 aromatic heterocycles. The molecule has 0 saturated carbocycles. The number of sulfone groups is 1. The predicted octanol–water partition coefficient (Wildman–Crippen LogP) is 0.246. The topological polar surface area (TPSA) is 121 Å². The van der Waals surface area contributed by atoms with Gasteiger partial charge in [-0.15, -0.1) is 0 Å². The summed E-state index contributed by atoms with van der Waals surface area (Å²) < 4.78 is 29.2. The van der Waals surface area contributed by atoms with Crippen LogP contribution in [0.15, 0.2) is 6.08 Å². The summed E-state index contributed by atoms with van der Waals surface area (Å²) in [6, 6.07) is -0.310. The van der Waals surface area contributed by atoms with Crippen LogP contribution in [0.1, 0.15) is 23.7 Å². The first kappa shape index (κ1) is 17.5. The van der Waals surface area contributed by atoms with Crippen molar-refractivity contribution in [3.63, 3.8) is 0 Å². The maximum atomic E-state index is 11.6. The summed E-state index contributed by atoms with van der Waals surface area (Å²) in [5.41, 5.74) is 5.91. The van der Waals surface area contributed by atoms with E-state index in [9.17, 15) is 18.0 Å². The van der Waals surface area contributed by atoms with Crippen LogP contribution in [0, 0.1) is 6.92 Å². The van der Waals surface area contributed by atoms with Crippen LogP contribution in [0.25, 0.3) is 6.08 Å². The Bertz CT molecular complexity index is 769. The van der Waals surface area contributed by atoms with E-state index in [1.54, 1.807) is 6.92 Å². The van der Waals surface area contributed by atoms with Crippen molar-refractivity contribution >= 4 is 39.4 Å². The Morgan fingerprint density at radius 1 is 1.52 bits per heavy atom. The summed E-state index contributed by atoms with van der Waals surface area (Å²) in [5, 5.41) is 4.51. The van der Waals surface area contributed by atoms with Gasteiger partial charge in [0.1, 0.15) is 5.15 Å². The third kappa shape index (κ3) is 4.32. The smallest absolute Gasteiger partial charge is 0.331 e. The Balaban J connectivity index is 2.15. The van der Waals surface area contributed by atoms with Crippen LogP contribution in [0.5, 0.6) is 0 Å². The van der Waals surface area contributed by atoms with Crippen molar-refractivity contribution in [1.82, 2.24) is 9.78 Å². The molecule has 23 heavy (non-hydrogen) atoms. The lowest BCUT2D eigenvalue weighted by atomic mass is 10.2. The number of hydrogen-bond donors (Lipinski definition) is 1. The van der Waals surface area contributed by atoms with Gasteiger partial charge in [-0.1, -0.05) is 11.6 Å². The van der Waals surface area contributed by atoms with E-state index in [1.807, 2.05) is 0 Å². The molecule has 8 nitrogen and oxygen atoms in total. The molecule has 1 saturated heterocycles. The van der Waals surface area contributed by atoms with Crippen molar-refractivity contribution in [3.8, 4) is 0 Å². The van der Waals surface area contributed by atoms with Crippen LogP contribution in [0.3, 0.4) is 0 Å². The summed E-state index contributed by atoms with van der Waals surface area (Å²) >= 11 is 6.24. The van der Waals surface area contributed by atoms with Gasteiger partial charge < -0.3 is 10.5 Å². The normalized spacial score (nSPS) is 20.0. The summed E-state index contributed by atoms with van der Waals surface area (Å²) in [6.07, 6.45) is 2.97. The molecule has 0 bridgehead atoms. The molecule has 1 amide bonds.